The molecule has 10 heavy (non-hydrogen) atoms. The zero-order valence-electron chi connectivity index (χ0n) is 6.31. The summed E-state index contributed by atoms with van der Waals surface area (Å²) < 4.78 is 0. The monoisotopic (exact) mass is 146 g/mol. The van der Waals surface area contributed by atoms with Crippen LogP contribution in [0.3, 0.4) is 0 Å². The summed E-state index contributed by atoms with van der Waals surface area (Å²) >= 11 is 0. The Kier molecular flexibility index (Phi) is 2.81. The van der Waals surface area contributed by atoms with E-state index in [1.807, 2.05) is 13.8 Å². The van der Waals surface area contributed by atoms with Crippen molar-refractivity contribution >= 4 is 8.07 Å². The maximum atomic E-state index is 5.26. The predicted molar refractivity (Wildman–Crippen MR) is 47.4 cm³/mol. The van der Waals surface area contributed by atoms with Crippen molar-refractivity contribution in [2.45, 2.75) is 19.4 Å². The lowest BCUT2D eigenvalue weighted by atomic mass is 10.6. The number of hydrogen-bond donors (Lipinski definition) is 0. The topological polar surface area (TPSA) is 0 Å². The smallest absolute Gasteiger partial charge is 0.125 e. The van der Waals surface area contributed by atoms with Crippen LogP contribution in [0.25, 0.3) is 0 Å². The summed E-state index contributed by atoms with van der Waals surface area (Å²) in [5.41, 5.74) is 8.01. The molecule has 50 valence electrons. The fourth-order valence-corrected chi connectivity index (χ4v) is 1.88. The summed E-state index contributed by atoms with van der Waals surface area (Å²) in [4.78, 5) is 0. The third-order valence-electron chi connectivity index (χ3n) is 1.55. The van der Waals surface area contributed by atoms with E-state index in [1.54, 1.807) is 0 Å². The fourth-order valence-electron chi connectivity index (χ4n) is 0.625. The van der Waals surface area contributed by atoms with Crippen molar-refractivity contribution in [2.24, 2.45) is 0 Å². The van der Waals surface area contributed by atoms with Crippen molar-refractivity contribution in [3.8, 4) is 35.9 Å². The maximum absolute atomic E-state index is 5.26. The molecule has 0 aromatic rings. The first-order valence-electron chi connectivity index (χ1n) is 3.06. The molecule has 0 aliphatic rings. The van der Waals surface area contributed by atoms with E-state index >= 15 is 0 Å². The Hall–Kier alpha value is -1.10. The van der Waals surface area contributed by atoms with Gasteiger partial charge in [0.05, 0.1) is 0 Å². The Bertz CT molecular complexity index is 193. The molecule has 0 nitrogen and oxygen atoms in total. The summed E-state index contributed by atoms with van der Waals surface area (Å²) in [5, 5.41) is 0. The van der Waals surface area contributed by atoms with E-state index in [-0.39, 0.29) is 5.54 Å². The van der Waals surface area contributed by atoms with Gasteiger partial charge in [-0.05, 0) is 5.54 Å². The molecule has 0 radical (unpaired) electrons. The summed E-state index contributed by atoms with van der Waals surface area (Å²) in [6.45, 7) is 3.96. The van der Waals surface area contributed by atoms with E-state index in [2.05, 4.69) is 16.6 Å². The molecule has 0 amide bonds. The Labute approximate surface area is 64.0 Å². The zero-order chi connectivity index (χ0) is 8.20. The first kappa shape index (κ1) is 8.90. The van der Waals surface area contributed by atoms with Crippen molar-refractivity contribution in [1.82, 2.24) is 0 Å². The van der Waals surface area contributed by atoms with Gasteiger partial charge in [0.15, 0.2) is 0 Å². The van der Waals surface area contributed by atoms with Gasteiger partial charge in [-0.2, -0.15) is 0 Å². The van der Waals surface area contributed by atoms with Gasteiger partial charge in [0.25, 0.3) is 8.07 Å². The molecule has 1 heteroatoms. The summed E-state index contributed by atoms with van der Waals surface area (Å²) in [6, 6.07) is 0. The predicted octanol–water partition coefficient (Wildman–Crippen LogP) is 1.36. The second kappa shape index (κ2) is 3.16. The number of rotatable bonds is 1. The van der Waals surface area contributed by atoms with Crippen LogP contribution < -0.4 is 0 Å². The minimum atomic E-state index is -2.21. The van der Waals surface area contributed by atoms with Crippen LogP contribution in [0.1, 0.15) is 13.8 Å². The highest BCUT2D eigenvalue weighted by atomic mass is 28.3. The largest absolute Gasteiger partial charge is 0.292 e. The second-order valence-electron chi connectivity index (χ2n) is 2.40. The highest BCUT2D eigenvalue weighted by Gasteiger charge is 2.30. The minimum absolute atomic E-state index is 0.271. The molecule has 0 aromatic heterocycles. The molecule has 0 spiro atoms. The van der Waals surface area contributed by atoms with Crippen LogP contribution in [0.2, 0.25) is 5.54 Å². The SMILES string of the molecule is C#C[Si](C#C)(C#C)C(C)C. The molecular formula is C9H10Si. The zero-order valence-corrected chi connectivity index (χ0v) is 7.31. The molecule has 0 aliphatic heterocycles. The van der Waals surface area contributed by atoms with Crippen LogP contribution in [0.4, 0.5) is 0 Å². The molecule has 0 aliphatic carbocycles. The molecule has 0 atom stereocenters. The normalized spacial score (nSPS) is 9.60. The van der Waals surface area contributed by atoms with E-state index in [0.29, 0.717) is 0 Å². The standard InChI is InChI=1S/C9H10Si/c1-6-10(7-2,8-3)9(4)5/h1-3,9H,4-5H3. The first-order valence-corrected chi connectivity index (χ1v) is 5.14. The van der Waals surface area contributed by atoms with Crippen molar-refractivity contribution in [3.63, 3.8) is 0 Å². The lowest BCUT2D eigenvalue weighted by molar-refractivity contribution is 1.05. The summed E-state index contributed by atoms with van der Waals surface area (Å²) in [6.07, 6.45) is 15.8. The lowest BCUT2D eigenvalue weighted by Gasteiger charge is -2.15. The minimum Gasteiger partial charge on any atom is -0.125 e. The highest BCUT2D eigenvalue weighted by molar-refractivity contribution is 7.01. The number of terminal acetylenes is 3. The highest BCUT2D eigenvalue weighted by Crippen LogP contribution is 2.17. The Morgan fingerprint density at radius 1 is 1.00 bits per heavy atom. The van der Waals surface area contributed by atoms with E-state index < -0.39 is 8.07 Å². The van der Waals surface area contributed by atoms with Gasteiger partial charge in [0.1, 0.15) is 0 Å². The molecule has 0 bridgehead atoms. The Morgan fingerprint density at radius 3 is 1.30 bits per heavy atom. The van der Waals surface area contributed by atoms with Crippen molar-refractivity contribution in [2.75, 3.05) is 0 Å². The van der Waals surface area contributed by atoms with Gasteiger partial charge < -0.3 is 0 Å². The van der Waals surface area contributed by atoms with Gasteiger partial charge in [0, 0.05) is 0 Å². The van der Waals surface area contributed by atoms with E-state index in [1.165, 1.54) is 0 Å². The molecule has 0 heterocycles. The molecule has 0 rings (SSSR count). The number of hydrogen-bond acceptors (Lipinski definition) is 0. The van der Waals surface area contributed by atoms with Crippen molar-refractivity contribution in [3.05, 3.63) is 0 Å². The van der Waals surface area contributed by atoms with Gasteiger partial charge in [-0.1, -0.05) is 13.8 Å². The first-order chi connectivity index (χ1) is 4.63. The Morgan fingerprint density at radius 2 is 1.30 bits per heavy atom. The third-order valence-corrected chi connectivity index (χ3v) is 4.65. The lowest BCUT2D eigenvalue weighted by Crippen LogP contribution is -2.33. The quantitative estimate of drug-likeness (QED) is 0.387. The fraction of sp³-hybridized carbons (Fsp3) is 0.333. The third kappa shape index (κ3) is 1.24. The van der Waals surface area contributed by atoms with Gasteiger partial charge in [0.2, 0.25) is 0 Å². The summed E-state index contributed by atoms with van der Waals surface area (Å²) in [7, 11) is -2.21. The van der Waals surface area contributed by atoms with Crippen LogP contribution in [0, 0.1) is 35.9 Å². The Balaban J connectivity index is 4.81. The van der Waals surface area contributed by atoms with E-state index in [0.717, 1.165) is 0 Å². The van der Waals surface area contributed by atoms with Crippen LogP contribution in [0.5, 0.6) is 0 Å². The van der Waals surface area contributed by atoms with Crippen LogP contribution in [-0.4, -0.2) is 8.07 Å². The average Bonchev–Trinajstić information content (AvgIpc) is 1.92. The molecule has 0 saturated heterocycles. The van der Waals surface area contributed by atoms with Crippen molar-refractivity contribution < 1.29 is 0 Å². The summed E-state index contributed by atoms with van der Waals surface area (Å²) in [5.74, 6) is 0. The molecule has 0 aromatic carbocycles. The van der Waals surface area contributed by atoms with Crippen LogP contribution in [0.15, 0.2) is 0 Å². The molecule has 0 fully saturated rings. The van der Waals surface area contributed by atoms with Gasteiger partial charge in [-0.15, -0.1) is 35.9 Å². The molecule has 0 unspecified atom stereocenters. The van der Waals surface area contributed by atoms with Gasteiger partial charge in [-0.3, -0.25) is 0 Å². The van der Waals surface area contributed by atoms with Gasteiger partial charge in [-0.25, -0.2) is 0 Å². The van der Waals surface area contributed by atoms with Gasteiger partial charge >= 0.3 is 0 Å². The average molecular weight is 146 g/mol. The second-order valence-corrected chi connectivity index (χ2v) is 6.03. The molecule has 0 N–H and O–H groups in total. The van der Waals surface area contributed by atoms with E-state index in [9.17, 15) is 0 Å². The van der Waals surface area contributed by atoms with Crippen LogP contribution in [-0.2, 0) is 0 Å². The van der Waals surface area contributed by atoms with E-state index in [4.69, 9.17) is 19.3 Å². The maximum Gasteiger partial charge on any atom is 0.292 e. The van der Waals surface area contributed by atoms with Crippen LogP contribution >= 0.6 is 0 Å². The molecule has 0 saturated carbocycles. The van der Waals surface area contributed by atoms with Crippen molar-refractivity contribution in [1.29, 1.82) is 0 Å². The molecular weight excluding hydrogens is 136 g/mol.